The van der Waals surface area contributed by atoms with Gasteiger partial charge in [0.05, 0.1) is 5.56 Å². The summed E-state index contributed by atoms with van der Waals surface area (Å²) in [6.45, 7) is 6.47. The van der Waals surface area contributed by atoms with E-state index in [9.17, 15) is 9.18 Å². The first-order valence-corrected chi connectivity index (χ1v) is 6.27. The van der Waals surface area contributed by atoms with Crippen LogP contribution in [0, 0.1) is 5.82 Å². The fourth-order valence-corrected chi connectivity index (χ4v) is 1.98. The van der Waals surface area contributed by atoms with Crippen LogP contribution in [0.1, 0.15) is 36.7 Å². The predicted octanol–water partition coefficient (Wildman–Crippen LogP) is 4.60. The zero-order chi connectivity index (χ0) is 14.0. The minimum Gasteiger partial charge on any atom is -0.298 e. The molecule has 0 saturated heterocycles. The number of carbonyl (C=O) groups excluding carboxylic acids is 1. The van der Waals surface area contributed by atoms with Crippen LogP contribution < -0.4 is 0 Å². The van der Waals surface area contributed by atoms with E-state index in [4.69, 9.17) is 0 Å². The van der Waals surface area contributed by atoms with Crippen LogP contribution in [-0.4, -0.2) is 6.29 Å². The molecule has 19 heavy (non-hydrogen) atoms. The number of hydrogen-bond donors (Lipinski definition) is 0. The molecule has 0 atom stereocenters. The number of rotatable bonds is 2. The highest BCUT2D eigenvalue weighted by molar-refractivity contribution is 5.79. The zero-order valence-corrected chi connectivity index (χ0v) is 11.4. The van der Waals surface area contributed by atoms with Crippen molar-refractivity contribution in [2.75, 3.05) is 0 Å². The van der Waals surface area contributed by atoms with E-state index in [0.29, 0.717) is 6.29 Å². The Morgan fingerprint density at radius 1 is 0.947 bits per heavy atom. The van der Waals surface area contributed by atoms with Crippen molar-refractivity contribution in [3.8, 4) is 11.1 Å². The van der Waals surface area contributed by atoms with Crippen molar-refractivity contribution in [1.29, 1.82) is 0 Å². The van der Waals surface area contributed by atoms with E-state index < -0.39 is 5.82 Å². The molecule has 0 aliphatic heterocycles. The van der Waals surface area contributed by atoms with Gasteiger partial charge in [-0.15, -0.1) is 0 Å². The van der Waals surface area contributed by atoms with Gasteiger partial charge in [-0.25, -0.2) is 4.39 Å². The molecule has 0 heterocycles. The van der Waals surface area contributed by atoms with Crippen LogP contribution in [0.15, 0.2) is 42.5 Å². The number of hydrogen-bond acceptors (Lipinski definition) is 1. The van der Waals surface area contributed by atoms with Crippen LogP contribution in [0.3, 0.4) is 0 Å². The summed E-state index contributed by atoms with van der Waals surface area (Å²) in [7, 11) is 0. The summed E-state index contributed by atoms with van der Waals surface area (Å²) in [6.07, 6.45) is 0.544. The van der Waals surface area contributed by atoms with Gasteiger partial charge >= 0.3 is 0 Å². The maximum atomic E-state index is 13.3. The first-order valence-electron chi connectivity index (χ1n) is 6.27. The number of carbonyl (C=O) groups is 1. The third-order valence-electron chi connectivity index (χ3n) is 3.21. The van der Waals surface area contributed by atoms with Crippen molar-refractivity contribution < 1.29 is 9.18 Å². The highest BCUT2D eigenvalue weighted by atomic mass is 19.1. The lowest BCUT2D eigenvalue weighted by molar-refractivity contribution is 0.112. The maximum absolute atomic E-state index is 13.3. The largest absolute Gasteiger partial charge is 0.298 e. The molecule has 0 amide bonds. The molecule has 0 N–H and O–H groups in total. The van der Waals surface area contributed by atoms with Crippen LogP contribution >= 0.6 is 0 Å². The van der Waals surface area contributed by atoms with Crippen LogP contribution in [0.25, 0.3) is 11.1 Å². The normalized spacial score (nSPS) is 11.4. The van der Waals surface area contributed by atoms with Gasteiger partial charge in [0.25, 0.3) is 0 Å². The minimum absolute atomic E-state index is 0.0948. The van der Waals surface area contributed by atoms with Gasteiger partial charge < -0.3 is 0 Å². The molecular formula is C17H17FO. The third-order valence-corrected chi connectivity index (χ3v) is 3.21. The third kappa shape index (κ3) is 2.90. The summed E-state index contributed by atoms with van der Waals surface area (Å²) >= 11 is 0. The van der Waals surface area contributed by atoms with Crippen LogP contribution in [0.4, 0.5) is 4.39 Å². The summed E-state index contributed by atoms with van der Waals surface area (Å²) in [4.78, 5) is 10.8. The van der Waals surface area contributed by atoms with Crippen molar-refractivity contribution in [3.63, 3.8) is 0 Å². The Morgan fingerprint density at radius 3 is 2.05 bits per heavy atom. The Bertz CT molecular complexity index is 592. The molecule has 0 aliphatic rings. The Kier molecular flexibility index (Phi) is 3.52. The monoisotopic (exact) mass is 256 g/mol. The summed E-state index contributed by atoms with van der Waals surface area (Å²) in [5.41, 5.74) is 3.28. The molecule has 2 heteroatoms. The lowest BCUT2D eigenvalue weighted by atomic mass is 9.86. The van der Waals surface area contributed by atoms with Gasteiger partial charge in [-0.3, -0.25) is 4.79 Å². The van der Waals surface area contributed by atoms with Crippen molar-refractivity contribution in [2.45, 2.75) is 26.2 Å². The van der Waals surface area contributed by atoms with E-state index in [-0.39, 0.29) is 11.0 Å². The number of aldehydes is 1. The SMILES string of the molecule is CC(C)(C)c1ccc(-c2ccc(F)c(C=O)c2)cc1. The predicted molar refractivity (Wildman–Crippen MR) is 75.9 cm³/mol. The van der Waals surface area contributed by atoms with E-state index >= 15 is 0 Å². The van der Waals surface area contributed by atoms with Crippen LogP contribution in [-0.2, 0) is 5.41 Å². The Labute approximate surface area is 113 Å². The van der Waals surface area contributed by atoms with Gasteiger partial charge in [0, 0.05) is 0 Å². The molecule has 0 fully saturated rings. The molecule has 0 saturated carbocycles. The van der Waals surface area contributed by atoms with Crippen LogP contribution in [0.5, 0.6) is 0 Å². The minimum atomic E-state index is -0.481. The molecule has 0 aromatic heterocycles. The van der Waals surface area contributed by atoms with Gasteiger partial charge in [-0.1, -0.05) is 51.1 Å². The maximum Gasteiger partial charge on any atom is 0.153 e. The lowest BCUT2D eigenvalue weighted by Gasteiger charge is -2.19. The fraction of sp³-hybridized carbons (Fsp3) is 0.235. The highest BCUT2D eigenvalue weighted by Gasteiger charge is 2.13. The van der Waals surface area contributed by atoms with Gasteiger partial charge in [-0.05, 0) is 34.2 Å². The first kappa shape index (κ1) is 13.5. The molecule has 2 aromatic carbocycles. The van der Waals surface area contributed by atoms with Crippen molar-refractivity contribution in [3.05, 3.63) is 59.4 Å². The summed E-state index contributed by atoms with van der Waals surface area (Å²) in [5.74, 6) is -0.481. The molecule has 0 radical (unpaired) electrons. The average molecular weight is 256 g/mol. The van der Waals surface area contributed by atoms with Gasteiger partial charge in [-0.2, -0.15) is 0 Å². The molecule has 0 aliphatic carbocycles. The van der Waals surface area contributed by atoms with Crippen molar-refractivity contribution >= 4 is 6.29 Å². The second-order valence-electron chi connectivity index (χ2n) is 5.68. The van der Waals surface area contributed by atoms with E-state index in [1.807, 2.05) is 12.1 Å². The fourth-order valence-electron chi connectivity index (χ4n) is 1.98. The molecule has 0 spiro atoms. The number of benzene rings is 2. The lowest BCUT2D eigenvalue weighted by Crippen LogP contribution is -2.10. The molecule has 0 bridgehead atoms. The smallest absolute Gasteiger partial charge is 0.153 e. The second kappa shape index (κ2) is 4.96. The van der Waals surface area contributed by atoms with Gasteiger partial charge in [0.15, 0.2) is 6.29 Å². The Morgan fingerprint density at radius 2 is 1.53 bits per heavy atom. The Hall–Kier alpha value is -1.96. The topological polar surface area (TPSA) is 17.1 Å². The highest BCUT2D eigenvalue weighted by Crippen LogP contribution is 2.26. The quantitative estimate of drug-likeness (QED) is 0.717. The van der Waals surface area contributed by atoms with E-state index in [1.165, 1.54) is 11.6 Å². The van der Waals surface area contributed by atoms with Crippen LogP contribution in [0.2, 0.25) is 0 Å². The van der Waals surface area contributed by atoms with Crippen molar-refractivity contribution in [1.82, 2.24) is 0 Å². The second-order valence-corrected chi connectivity index (χ2v) is 5.68. The molecule has 98 valence electrons. The summed E-state index contributed by atoms with van der Waals surface area (Å²) in [5, 5.41) is 0. The molecule has 2 aromatic rings. The first-order chi connectivity index (χ1) is 8.91. The van der Waals surface area contributed by atoms with Crippen molar-refractivity contribution in [2.24, 2.45) is 0 Å². The standard InChI is InChI=1S/C17H17FO/c1-17(2,3)15-7-4-12(5-8-15)13-6-9-16(18)14(10-13)11-19/h4-11H,1-3H3. The van der Waals surface area contributed by atoms with Gasteiger partial charge in [0.2, 0.25) is 0 Å². The molecule has 0 unspecified atom stereocenters. The van der Waals surface area contributed by atoms with E-state index in [0.717, 1.165) is 11.1 Å². The molecular weight excluding hydrogens is 239 g/mol. The number of halogens is 1. The van der Waals surface area contributed by atoms with E-state index in [2.05, 4.69) is 32.9 Å². The summed E-state index contributed by atoms with van der Waals surface area (Å²) in [6, 6.07) is 12.7. The average Bonchev–Trinajstić information content (AvgIpc) is 2.38. The van der Waals surface area contributed by atoms with Gasteiger partial charge in [0.1, 0.15) is 5.82 Å². The molecule has 2 rings (SSSR count). The van der Waals surface area contributed by atoms with E-state index in [1.54, 1.807) is 12.1 Å². The Balaban J connectivity index is 2.40. The summed E-state index contributed by atoms with van der Waals surface area (Å²) < 4.78 is 13.3. The zero-order valence-electron chi connectivity index (χ0n) is 11.4. The molecule has 1 nitrogen and oxygen atoms in total.